The third kappa shape index (κ3) is 3.07. The second-order valence-corrected chi connectivity index (χ2v) is 5.15. The van der Waals surface area contributed by atoms with E-state index in [-0.39, 0.29) is 40.4 Å². The van der Waals surface area contributed by atoms with Crippen molar-refractivity contribution < 1.29 is 47.6 Å². The quantitative estimate of drug-likeness (QED) is 0.487. The van der Waals surface area contributed by atoms with Gasteiger partial charge in [0.15, 0.2) is 0 Å². The fourth-order valence-electron chi connectivity index (χ4n) is 2.19. The minimum atomic E-state index is -2.29. The summed E-state index contributed by atoms with van der Waals surface area (Å²) in [5.41, 5.74) is 1.17. The molecule has 8 heteroatoms. The summed E-state index contributed by atoms with van der Waals surface area (Å²) in [7, 11) is 0. The van der Waals surface area contributed by atoms with Gasteiger partial charge in [0.25, 0.3) is 5.71 Å². The summed E-state index contributed by atoms with van der Waals surface area (Å²) in [6.45, 7) is 1.39. The Balaban J connectivity index is 0.00000133. The number of aromatic nitrogens is 2. The van der Waals surface area contributed by atoms with Gasteiger partial charge < -0.3 is 13.8 Å². The number of fused-ring (bicyclic) bond motifs is 1. The van der Waals surface area contributed by atoms with Gasteiger partial charge in [-0.25, -0.2) is 4.98 Å². The van der Waals surface area contributed by atoms with Gasteiger partial charge in [0.05, 0.1) is 11.1 Å². The molecule has 96 valence electrons. The van der Waals surface area contributed by atoms with Gasteiger partial charge in [-0.05, 0) is 30.0 Å². The fourth-order valence-corrected chi connectivity index (χ4v) is 2.54. The number of pyridine rings is 1. The normalized spacial score (nSPS) is 18.2. The van der Waals surface area contributed by atoms with Gasteiger partial charge in [-0.15, -0.1) is 0 Å². The van der Waals surface area contributed by atoms with Crippen molar-refractivity contribution in [1.82, 2.24) is 10.1 Å². The van der Waals surface area contributed by atoms with E-state index in [1.54, 1.807) is 6.07 Å². The Bertz CT molecular complexity index is 597. The fraction of sp³-hybridized carbons (Fsp3) is 0.455. The van der Waals surface area contributed by atoms with E-state index in [2.05, 4.69) is 10.1 Å². The van der Waals surface area contributed by atoms with Crippen LogP contribution in [0.25, 0.3) is 11.1 Å². The van der Waals surface area contributed by atoms with Crippen LogP contribution < -0.4 is 29.6 Å². The molecule has 0 N–H and O–H groups in total. The average molecular weight is 290 g/mol. The molecule has 19 heavy (non-hydrogen) atoms. The summed E-state index contributed by atoms with van der Waals surface area (Å²) >= 11 is -2.29. The Morgan fingerprint density at radius 2 is 2.11 bits per heavy atom. The molecule has 0 bridgehead atoms. The molecule has 6 nitrogen and oxygen atoms in total. The van der Waals surface area contributed by atoms with Crippen LogP contribution in [0.2, 0.25) is 0 Å². The van der Waals surface area contributed by atoms with Crippen LogP contribution in [0, 0.1) is 0 Å². The maximum absolute atomic E-state index is 10.9. The van der Waals surface area contributed by atoms with E-state index in [4.69, 9.17) is 9.26 Å². The molecule has 3 rings (SSSR count). The smallest absolute Gasteiger partial charge is 0.768 e. The van der Waals surface area contributed by atoms with Crippen LogP contribution in [0.3, 0.4) is 0 Å². The summed E-state index contributed by atoms with van der Waals surface area (Å²) in [5, 5.41) is 4.71. The molecule has 0 radical (unpaired) electrons. The third-order valence-corrected chi connectivity index (χ3v) is 3.74. The second kappa shape index (κ2) is 6.43. The van der Waals surface area contributed by atoms with Crippen molar-refractivity contribution in [3.8, 4) is 0 Å². The first-order valence-corrected chi connectivity index (χ1v) is 6.75. The van der Waals surface area contributed by atoms with Crippen molar-refractivity contribution >= 4 is 22.2 Å². The molecule has 0 spiro atoms. The molecule has 0 aliphatic carbocycles. The SMILES string of the molecule is O=S([O-])c1cnc2onc(C3CCOCC3)c2c1.[Na+]. The van der Waals surface area contributed by atoms with Gasteiger partial charge in [0.2, 0.25) is 0 Å². The zero-order chi connectivity index (χ0) is 12.5. The molecule has 3 heterocycles. The number of hydrogen-bond acceptors (Lipinski definition) is 6. The minimum Gasteiger partial charge on any atom is -0.768 e. The summed E-state index contributed by atoms with van der Waals surface area (Å²) in [4.78, 5) is 4.12. The maximum Gasteiger partial charge on any atom is 1.00 e. The maximum atomic E-state index is 10.9. The zero-order valence-corrected chi connectivity index (χ0v) is 13.3. The van der Waals surface area contributed by atoms with Gasteiger partial charge in [-0.3, -0.25) is 4.21 Å². The third-order valence-electron chi connectivity index (χ3n) is 3.13. The van der Waals surface area contributed by atoms with Crippen LogP contribution in [0.5, 0.6) is 0 Å². The van der Waals surface area contributed by atoms with Crippen molar-refractivity contribution in [2.24, 2.45) is 0 Å². The molecular weight excluding hydrogens is 279 g/mol. The Labute approximate surface area is 134 Å². The van der Waals surface area contributed by atoms with E-state index >= 15 is 0 Å². The Kier molecular flexibility index (Phi) is 5.10. The molecule has 1 fully saturated rings. The van der Waals surface area contributed by atoms with Gasteiger partial charge in [-0.2, -0.15) is 0 Å². The molecule has 1 atom stereocenters. The van der Waals surface area contributed by atoms with E-state index < -0.39 is 11.1 Å². The summed E-state index contributed by atoms with van der Waals surface area (Å²) in [6, 6.07) is 1.56. The average Bonchev–Trinajstić information content (AvgIpc) is 2.82. The van der Waals surface area contributed by atoms with Gasteiger partial charge >= 0.3 is 29.6 Å². The molecule has 2 aromatic rings. The van der Waals surface area contributed by atoms with Crippen molar-refractivity contribution in [2.45, 2.75) is 23.7 Å². The Hall–Kier alpha value is -0.310. The van der Waals surface area contributed by atoms with E-state index in [0.717, 1.165) is 18.5 Å². The Morgan fingerprint density at radius 1 is 1.37 bits per heavy atom. The van der Waals surface area contributed by atoms with Crippen LogP contribution in [-0.4, -0.2) is 32.1 Å². The van der Waals surface area contributed by atoms with Crippen LogP contribution in [-0.2, 0) is 15.8 Å². The molecule has 2 aromatic heterocycles. The van der Waals surface area contributed by atoms with Crippen molar-refractivity contribution in [2.75, 3.05) is 13.2 Å². The monoisotopic (exact) mass is 290 g/mol. The Morgan fingerprint density at radius 3 is 2.79 bits per heavy atom. The van der Waals surface area contributed by atoms with E-state index in [0.29, 0.717) is 24.3 Å². The first-order valence-electron chi connectivity index (χ1n) is 5.68. The largest absolute Gasteiger partial charge is 1.00 e. The molecule has 0 amide bonds. The second-order valence-electron chi connectivity index (χ2n) is 4.21. The summed E-state index contributed by atoms with van der Waals surface area (Å²) < 4.78 is 32.3. The number of ether oxygens (including phenoxy) is 1. The van der Waals surface area contributed by atoms with E-state index in [1.165, 1.54) is 6.20 Å². The molecule has 1 saturated heterocycles. The molecular formula is C11H11N2NaO4S. The summed E-state index contributed by atoms with van der Waals surface area (Å²) in [5.74, 6) is 0.247. The van der Waals surface area contributed by atoms with Crippen LogP contribution in [0.4, 0.5) is 0 Å². The van der Waals surface area contributed by atoms with E-state index in [9.17, 15) is 8.76 Å². The van der Waals surface area contributed by atoms with Crippen LogP contribution in [0.15, 0.2) is 21.7 Å². The van der Waals surface area contributed by atoms with Gasteiger partial charge in [-0.1, -0.05) is 5.16 Å². The number of hydrogen-bond donors (Lipinski definition) is 0. The topological polar surface area (TPSA) is 88.3 Å². The zero-order valence-electron chi connectivity index (χ0n) is 10.5. The molecule has 0 aromatic carbocycles. The molecule has 1 aliphatic heterocycles. The van der Waals surface area contributed by atoms with E-state index in [1.807, 2.05) is 0 Å². The van der Waals surface area contributed by atoms with Crippen LogP contribution >= 0.6 is 0 Å². The predicted molar refractivity (Wildman–Crippen MR) is 61.8 cm³/mol. The van der Waals surface area contributed by atoms with Crippen molar-refractivity contribution in [1.29, 1.82) is 0 Å². The van der Waals surface area contributed by atoms with Crippen LogP contribution in [0.1, 0.15) is 24.5 Å². The first-order chi connectivity index (χ1) is 8.75. The number of rotatable bonds is 2. The predicted octanol–water partition coefficient (Wildman–Crippen LogP) is -1.64. The van der Waals surface area contributed by atoms with Crippen molar-refractivity contribution in [3.05, 3.63) is 18.0 Å². The first kappa shape index (κ1) is 15.1. The minimum absolute atomic E-state index is 0. The van der Waals surface area contributed by atoms with Gasteiger partial charge in [0.1, 0.15) is 0 Å². The molecule has 0 saturated carbocycles. The summed E-state index contributed by atoms with van der Waals surface area (Å²) in [6.07, 6.45) is 3.00. The number of nitrogens with zero attached hydrogens (tertiary/aromatic N) is 2. The van der Waals surface area contributed by atoms with Gasteiger partial charge in [0, 0.05) is 30.2 Å². The molecule has 1 unspecified atom stereocenters. The molecule has 1 aliphatic rings. The standard InChI is InChI=1S/C11H12N2O4S.Na/c14-18(15)8-5-9-10(7-1-3-16-4-2-7)13-17-11(9)12-6-8;/h5-7H,1-4H2,(H,14,15);/q;+1/p-1. The van der Waals surface area contributed by atoms with Crippen molar-refractivity contribution in [3.63, 3.8) is 0 Å².